The molecule has 1 heterocycles. The molecule has 1 amide bonds. The van der Waals surface area contributed by atoms with Crippen LogP contribution in [0.3, 0.4) is 0 Å². The predicted octanol–water partition coefficient (Wildman–Crippen LogP) is 1.82. The fraction of sp³-hybridized carbons (Fsp3) is 0.529. The monoisotopic (exact) mass is 319 g/mol. The van der Waals surface area contributed by atoms with Crippen LogP contribution < -0.4 is 14.8 Å². The summed E-state index contributed by atoms with van der Waals surface area (Å²) < 4.78 is 16.3. The quantitative estimate of drug-likeness (QED) is 0.857. The summed E-state index contributed by atoms with van der Waals surface area (Å²) in [5, 5.41) is 2.91. The molecule has 2 aliphatic rings. The lowest BCUT2D eigenvalue weighted by Crippen LogP contribution is -2.44. The van der Waals surface area contributed by atoms with E-state index in [-0.39, 0.29) is 18.6 Å². The van der Waals surface area contributed by atoms with Crippen molar-refractivity contribution in [3.63, 3.8) is 0 Å². The fourth-order valence-electron chi connectivity index (χ4n) is 2.83. The topological polar surface area (TPSA) is 73.9 Å². The van der Waals surface area contributed by atoms with Gasteiger partial charge in [-0.15, -0.1) is 0 Å². The molecule has 0 spiro atoms. The average Bonchev–Trinajstić information content (AvgIpc) is 3.07. The van der Waals surface area contributed by atoms with Gasteiger partial charge in [0, 0.05) is 6.04 Å². The first kappa shape index (κ1) is 15.6. The molecule has 0 aromatic heterocycles. The van der Waals surface area contributed by atoms with Gasteiger partial charge in [-0.05, 0) is 31.9 Å². The van der Waals surface area contributed by atoms with E-state index in [2.05, 4.69) is 5.32 Å². The van der Waals surface area contributed by atoms with E-state index < -0.39 is 18.2 Å². The van der Waals surface area contributed by atoms with Crippen molar-refractivity contribution in [3.05, 3.63) is 24.3 Å². The lowest BCUT2D eigenvalue weighted by molar-refractivity contribution is -0.163. The SMILES string of the molecule is C[C@@H](OC(=O)[C@@H]1COc2ccccc2O1)C(=O)NC1CCCC1. The second-order valence-corrected chi connectivity index (χ2v) is 5.93. The lowest BCUT2D eigenvalue weighted by atomic mass is 10.2. The zero-order valence-electron chi connectivity index (χ0n) is 13.1. The average molecular weight is 319 g/mol. The second-order valence-electron chi connectivity index (χ2n) is 5.93. The van der Waals surface area contributed by atoms with Gasteiger partial charge in [0.2, 0.25) is 6.10 Å². The molecule has 1 saturated carbocycles. The maximum atomic E-state index is 12.2. The number of nitrogens with one attached hydrogen (secondary N) is 1. The molecule has 0 bridgehead atoms. The van der Waals surface area contributed by atoms with Gasteiger partial charge in [-0.1, -0.05) is 25.0 Å². The molecule has 2 atom stereocenters. The van der Waals surface area contributed by atoms with Crippen LogP contribution in [-0.4, -0.2) is 36.7 Å². The van der Waals surface area contributed by atoms with E-state index in [9.17, 15) is 9.59 Å². The Labute approximate surface area is 135 Å². The summed E-state index contributed by atoms with van der Waals surface area (Å²) >= 11 is 0. The maximum Gasteiger partial charge on any atom is 0.351 e. The van der Waals surface area contributed by atoms with Gasteiger partial charge < -0.3 is 19.5 Å². The standard InChI is InChI=1S/C17H21NO5/c1-11(16(19)18-12-6-2-3-7-12)22-17(20)15-10-21-13-8-4-5-9-14(13)23-15/h4-5,8-9,11-12,15H,2-3,6-7,10H2,1H3,(H,18,19)/t11-,15+/m1/s1. The molecule has 1 aliphatic carbocycles. The van der Waals surface area contributed by atoms with Gasteiger partial charge in [-0.2, -0.15) is 0 Å². The zero-order valence-corrected chi connectivity index (χ0v) is 13.1. The van der Waals surface area contributed by atoms with E-state index in [1.165, 1.54) is 0 Å². The highest BCUT2D eigenvalue weighted by molar-refractivity contribution is 5.85. The third-order valence-electron chi connectivity index (χ3n) is 4.14. The normalized spacial score (nSPS) is 21.5. The first-order valence-electron chi connectivity index (χ1n) is 8.03. The minimum absolute atomic E-state index is 0.0762. The smallest absolute Gasteiger partial charge is 0.351 e. The van der Waals surface area contributed by atoms with Crippen molar-refractivity contribution in [1.82, 2.24) is 5.32 Å². The molecule has 6 heteroatoms. The summed E-state index contributed by atoms with van der Waals surface area (Å²) in [7, 11) is 0. The first-order valence-corrected chi connectivity index (χ1v) is 8.03. The molecular weight excluding hydrogens is 298 g/mol. The summed E-state index contributed by atoms with van der Waals surface area (Å²) in [6.07, 6.45) is 2.54. The first-order chi connectivity index (χ1) is 11.1. The molecular formula is C17H21NO5. The Balaban J connectivity index is 1.51. The number of benzene rings is 1. The van der Waals surface area contributed by atoms with Crippen LogP contribution >= 0.6 is 0 Å². The Morgan fingerprint density at radius 3 is 2.65 bits per heavy atom. The molecule has 1 aromatic rings. The van der Waals surface area contributed by atoms with E-state index in [1.54, 1.807) is 25.1 Å². The van der Waals surface area contributed by atoms with Crippen molar-refractivity contribution in [2.45, 2.75) is 50.9 Å². The van der Waals surface area contributed by atoms with Crippen LogP contribution in [0.15, 0.2) is 24.3 Å². The molecule has 6 nitrogen and oxygen atoms in total. The highest BCUT2D eigenvalue weighted by Gasteiger charge is 2.31. The summed E-state index contributed by atoms with van der Waals surface area (Å²) in [5.41, 5.74) is 0. The summed E-state index contributed by atoms with van der Waals surface area (Å²) in [4.78, 5) is 24.2. The van der Waals surface area contributed by atoms with E-state index in [1.807, 2.05) is 6.07 Å². The van der Waals surface area contributed by atoms with E-state index in [4.69, 9.17) is 14.2 Å². The van der Waals surface area contributed by atoms with E-state index >= 15 is 0 Å². The van der Waals surface area contributed by atoms with Crippen LogP contribution in [-0.2, 0) is 14.3 Å². The summed E-state index contributed by atoms with van der Waals surface area (Å²) in [5.74, 6) is 0.253. The third kappa shape index (κ3) is 3.75. The van der Waals surface area contributed by atoms with Gasteiger partial charge in [-0.3, -0.25) is 4.79 Å². The van der Waals surface area contributed by atoms with Crippen LogP contribution in [0.2, 0.25) is 0 Å². The molecule has 124 valence electrons. The van der Waals surface area contributed by atoms with Crippen LogP contribution in [0.25, 0.3) is 0 Å². The van der Waals surface area contributed by atoms with Crippen LogP contribution in [0, 0.1) is 0 Å². The molecule has 0 unspecified atom stereocenters. The predicted molar refractivity (Wildman–Crippen MR) is 82.3 cm³/mol. The lowest BCUT2D eigenvalue weighted by Gasteiger charge is -2.26. The highest BCUT2D eigenvalue weighted by atomic mass is 16.6. The Bertz CT molecular complexity index is 582. The molecule has 1 N–H and O–H groups in total. The number of hydrogen-bond acceptors (Lipinski definition) is 5. The molecule has 23 heavy (non-hydrogen) atoms. The number of esters is 1. The number of ether oxygens (including phenoxy) is 3. The molecule has 1 aromatic carbocycles. The van der Waals surface area contributed by atoms with E-state index in [0.717, 1.165) is 25.7 Å². The van der Waals surface area contributed by atoms with Gasteiger partial charge >= 0.3 is 5.97 Å². The molecule has 0 radical (unpaired) electrons. The largest absolute Gasteiger partial charge is 0.485 e. The van der Waals surface area contributed by atoms with Crippen molar-refractivity contribution in [1.29, 1.82) is 0 Å². The van der Waals surface area contributed by atoms with Gasteiger partial charge in [0.15, 0.2) is 17.6 Å². The number of hydrogen-bond donors (Lipinski definition) is 1. The molecule has 1 aliphatic heterocycles. The summed E-state index contributed by atoms with van der Waals surface area (Å²) in [6.45, 7) is 1.65. The number of amides is 1. The zero-order chi connectivity index (χ0) is 16.2. The highest BCUT2D eigenvalue weighted by Crippen LogP contribution is 2.31. The van der Waals surface area contributed by atoms with Crippen molar-refractivity contribution < 1.29 is 23.8 Å². The number of carbonyl (C=O) groups is 2. The number of fused-ring (bicyclic) bond motifs is 1. The minimum Gasteiger partial charge on any atom is -0.485 e. The van der Waals surface area contributed by atoms with Crippen molar-refractivity contribution in [3.8, 4) is 11.5 Å². The Hall–Kier alpha value is -2.24. The molecule has 3 rings (SSSR count). The molecule has 1 fully saturated rings. The summed E-state index contributed by atoms with van der Waals surface area (Å²) in [6, 6.07) is 7.33. The number of rotatable bonds is 4. The Morgan fingerprint density at radius 2 is 1.91 bits per heavy atom. The second kappa shape index (κ2) is 6.89. The van der Waals surface area contributed by atoms with E-state index in [0.29, 0.717) is 11.5 Å². The fourth-order valence-corrected chi connectivity index (χ4v) is 2.83. The minimum atomic E-state index is -0.855. The van der Waals surface area contributed by atoms with Crippen molar-refractivity contribution in [2.24, 2.45) is 0 Å². The number of carbonyl (C=O) groups excluding carboxylic acids is 2. The van der Waals surface area contributed by atoms with Gasteiger partial charge in [-0.25, -0.2) is 4.79 Å². The van der Waals surface area contributed by atoms with Gasteiger partial charge in [0.25, 0.3) is 5.91 Å². The van der Waals surface area contributed by atoms with Crippen LogP contribution in [0.1, 0.15) is 32.6 Å². The Morgan fingerprint density at radius 1 is 1.22 bits per heavy atom. The van der Waals surface area contributed by atoms with Crippen LogP contribution in [0.5, 0.6) is 11.5 Å². The van der Waals surface area contributed by atoms with Gasteiger partial charge in [0.05, 0.1) is 0 Å². The van der Waals surface area contributed by atoms with Crippen LogP contribution in [0.4, 0.5) is 0 Å². The van der Waals surface area contributed by atoms with Crippen molar-refractivity contribution >= 4 is 11.9 Å². The van der Waals surface area contributed by atoms with Gasteiger partial charge in [0.1, 0.15) is 6.61 Å². The third-order valence-corrected chi connectivity index (χ3v) is 4.14. The Kier molecular flexibility index (Phi) is 4.69. The maximum absolute atomic E-state index is 12.2. The number of para-hydroxylation sites is 2. The van der Waals surface area contributed by atoms with Crippen molar-refractivity contribution in [2.75, 3.05) is 6.61 Å². The molecule has 0 saturated heterocycles.